The lowest BCUT2D eigenvalue weighted by Crippen LogP contribution is -2.33. The molecule has 0 spiro atoms. The Morgan fingerprint density at radius 1 is 1.04 bits per heavy atom. The largest absolute Gasteiger partial charge is 0.491 e. The molecule has 2 aromatic carbocycles. The number of amides is 2. The zero-order valence-corrected chi connectivity index (χ0v) is 15.6. The van der Waals surface area contributed by atoms with Gasteiger partial charge in [0, 0.05) is 31.7 Å². The van der Waals surface area contributed by atoms with E-state index in [-0.39, 0.29) is 18.9 Å². The number of ether oxygens (including phenoxy) is 2. The highest BCUT2D eigenvalue weighted by Crippen LogP contribution is 2.17. The fourth-order valence-corrected chi connectivity index (χ4v) is 2.57. The van der Waals surface area contributed by atoms with E-state index >= 15 is 0 Å². The second kappa shape index (κ2) is 11.0. The van der Waals surface area contributed by atoms with Crippen molar-refractivity contribution < 1.29 is 19.1 Å². The third-order valence-corrected chi connectivity index (χ3v) is 3.91. The topological polar surface area (TPSA) is 81.9 Å². The smallest absolute Gasteiger partial charge is 0.254 e. The number of carbonyl (C=O) groups is 2. The van der Waals surface area contributed by atoms with Gasteiger partial charge in [0.2, 0.25) is 5.91 Å². The van der Waals surface area contributed by atoms with Gasteiger partial charge < -0.3 is 20.1 Å². The Hall–Kier alpha value is -2.86. The molecule has 0 unspecified atom stereocenters. The molecule has 0 saturated carbocycles. The van der Waals surface area contributed by atoms with Gasteiger partial charge in [0.05, 0.1) is 6.61 Å². The first-order chi connectivity index (χ1) is 13.1. The molecule has 0 aromatic heterocycles. The van der Waals surface area contributed by atoms with Gasteiger partial charge in [-0.15, -0.1) is 0 Å². The first-order valence-electron chi connectivity index (χ1n) is 9.02. The van der Waals surface area contributed by atoms with Gasteiger partial charge in [0.15, 0.2) is 0 Å². The predicted molar refractivity (Wildman–Crippen MR) is 103 cm³/mol. The summed E-state index contributed by atoms with van der Waals surface area (Å²) < 4.78 is 10.9. The van der Waals surface area contributed by atoms with Gasteiger partial charge in [-0.25, -0.2) is 0 Å². The molecule has 0 atom stereocenters. The first kappa shape index (κ1) is 20.5. The van der Waals surface area contributed by atoms with Crippen molar-refractivity contribution in [3.8, 4) is 5.75 Å². The molecule has 27 heavy (non-hydrogen) atoms. The van der Waals surface area contributed by atoms with Crippen LogP contribution in [0.25, 0.3) is 0 Å². The standard InChI is InChI=1S/C21H26N2O4/c1-2-26-13-14-27-19-10-6-9-18(15-19)21(25)23(12-11-20(22)24)16-17-7-4-3-5-8-17/h3-10,15H,2,11-14,16H2,1H3,(H2,22,24). The summed E-state index contributed by atoms with van der Waals surface area (Å²) in [4.78, 5) is 25.8. The second-order valence-corrected chi connectivity index (χ2v) is 6.00. The van der Waals surface area contributed by atoms with Gasteiger partial charge in [-0.1, -0.05) is 36.4 Å². The van der Waals surface area contributed by atoms with E-state index in [4.69, 9.17) is 15.2 Å². The minimum absolute atomic E-state index is 0.114. The maximum Gasteiger partial charge on any atom is 0.254 e. The van der Waals surface area contributed by atoms with Gasteiger partial charge >= 0.3 is 0 Å². The lowest BCUT2D eigenvalue weighted by atomic mass is 10.1. The Morgan fingerprint density at radius 3 is 2.52 bits per heavy atom. The number of hydrogen-bond donors (Lipinski definition) is 1. The number of nitrogens with zero attached hydrogens (tertiary/aromatic N) is 1. The van der Waals surface area contributed by atoms with Crippen molar-refractivity contribution in [3.05, 3.63) is 65.7 Å². The minimum Gasteiger partial charge on any atom is -0.491 e. The van der Waals surface area contributed by atoms with Crippen molar-refractivity contribution in [3.63, 3.8) is 0 Å². The summed E-state index contributed by atoms with van der Waals surface area (Å²) in [6.07, 6.45) is 0.114. The summed E-state index contributed by atoms with van der Waals surface area (Å²) in [5.41, 5.74) is 6.76. The number of nitrogens with two attached hydrogens (primary N) is 1. The SMILES string of the molecule is CCOCCOc1cccc(C(=O)N(CCC(N)=O)Cc2ccccc2)c1. The number of hydrogen-bond acceptors (Lipinski definition) is 4. The summed E-state index contributed by atoms with van der Waals surface area (Å²) in [6.45, 7) is 4.14. The van der Waals surface area contributed by atoms with Gasteiger partial charge in [-0.05, 0) is 30.7 Å². The molecule has 2 aromatic rings. The van der Waals surface area contributed by atoms with Crippen LogP contribution >= 0.6 is 0 Å². The van der Waals surface area contributed by atoms with E-state index in [0.717, 1.165) is 5.56 Å². The first-order valence-corrected chi connectivity index (χ1v) is 9.02. The lowest BCUT2D eigenvalue weighted by molar-refractivity contribution is -0.118. The summed E-state index contributed by atoms with van der Waals surface area (Å²) in [7, 11) is 0. The van der Waals surface area contributed by atoms with E-state index in [1.54, 1.807) is 29.2 Å². The summed E-state index contributed by atoms with van der Waals surface area (Å²) in [5, 5.41) is 0. The van der Waals surface area contributed by atoms with Crippen molar-refractivity contribution in [1.82, 2.24) is 4.90 Å². The fourth-order valence-electron chi connectivity index (χ4n) is 2.57. The predicted octanol–water partition coefficient (Wildman–Crippen LogP) is 2.62. The van der Waals surface area contributed by atoms with Crippen LogP contribution in [0.4, 0.5) is 0 Å². The Morgan fingerprint density at radius 2 is 1.81 bits per heavy atom. The van der Waals surface area contributed by atoms with E-state index in [1.807, 2.05) is 37.3 Å². The molecule has 0 heterocycles. The molecule has 0 radical (unpaired) electrons. The van der Waals surface area contributed by atoms with E-state index in [0.29, 0.717) is 37.7 Å². The maximum atomic E-state index is 13.0. The van der Waals surface area contributed by atoms with Crippen molar-refractivity contribution in [1.29, 1.82) is 0 Å². The van der Waals surface area contributed by atoms with Crippen LogP contribution < -0.4 is 10.5 Å². The number of benzene rings is 2. The van der Waals surface area contributed by atoms with Crippen molar-refractivity contribution in [2.75, 3.05) is 26.4 Å². The van der Waals surface area contributed by atoms with Crippen molar-refractivity contribution in [2.24, 2.45) is 5.73 Å². The average Bonchev–Trinajstić information content (AvgIpc) is 2.69. The van der Waals surface area contributed by atoms with Crippen LogP contribution in [0.1, 0.15) is 29.3 Å². The number of rotatable bonds is 11. The molecule has 0 aliphatic rings. The number of carbonyl (C=O) groups excluding carboxylic acids is 2. The molecule has 0 saturated heterocycles. The monoisotopic (exact) mass is 370 g/mol. The van der Waals surface area contributed by atoms with E-state index in [1.165, 1.54) is 0 Å². The molecule has 2 N–H and O–H groups in total. The van der Waals surface area contributed by atoms with Crippen molar-refractivity contribution in [2.45, 2.75) is 19.9 Å². The number of primary amides is 1. The Balaban J connectivity index is 2.09. The molecule has 0 fully saturated rings. The summed E-state index contributed by atoms with van der Waals surface area (Å²) in [5.74, 6) is -0.000605. The van der Waals surface area contributed by atoms with Gasteiger partial charge in [-0.2, -0.15) is 0 Å². The lowest BCUT2D eigenvalue weighted by Gasteiger charge is -2.23. The normalized spacial score (nSPS) is 10.4. The minimum atomic E-state index is -0.436. The van der Waals surface area contributed by atoms with Gasteiger partial charge in [0.1, 0.15) is 12.4 Å². The molecule has 6 heteroatoms. The highest BCUT2D eigenvalue weighted by Gasteiger charge is 2.17. The van der Waals surface area contributed by atoms with Crippen LogP contribution in [0.3, 0.4) is 0 Å². The molecule has 144 valence electrons. The van der Waals surface area contributed by atoms with E-state index in [2.05, 4.69) is 0 Å². The average molecular weight is 370 g/mol. The van der Waals surface area contributed by atoms with Crippen molar-refractivity contribution >= 4 is 11.8 Å². The van der Waals surface area contributed by atoms with Crippen LogP contribution in [0, 0.1) is 0 Å². The van der Waals surface area contributed by atoms with Gasteiger partial charge in [-0.3, -0.25) is 9.59 Å². The Kier molecular flexibility index (Phi) is 8.32. The maximum absolute atomic E-state index is 13.0. The Labute approximate surface area is 159 Å². The fraction of sp³-hybridized carbons (Fsp3) is 0.333. The van der Waals surface area contributed by atoms with Crippen LogP contribution in [0.15, 0.2) is 54.6 Å². The van der Waals surface area contributed by atoms with Crippen LogP contribution in [-0.4, -0.2) is 43.1 Å². The zero-order valence-electron chi connectivity index (χ0n) is 15.6. The molecule has 6 nitrogen and oxygen atoms in total. The summed E-state index contributed by atoms with van der Waals surface area (Å²) >= 11 is 0. The summed E-state index contributed by atoms with van der Waals surface area (Å²) in [6, 6.07) is 16.7. The van der Waals surface area contributed by atoms with E-state index < -0.39 is 5.91 Å². The molecule has 2 rings (SSSR count). The van der Waals surface area contributed by atoms with Crippen LogP contribution in [-0.2, 0) is 16.1 Å². The zero-order chi connectivity index (χ0) is 19.5. The Bertz CT molecular complexity index is 734. The van der Waals surface area contributed by atoms with Crippen LogP contribution in [0.5, 0.6) is 5.75 Å². The third kappa shape index (κ3) is 7.11. The molecular weight excluding hydrogens is 344 g/mol. The molecule has 0 bridgehead atoms. The second-order valence-electron chi connectivity index (χ2n) is 6.00. The van der Waals surface area contributed by atoms with Crippen LogP contribution in [0.2, 0.25) is 0 Å². The van der Waals surface area contributed by atoms with E-state index in [9.17, 15) is 9.59 Å². The molecule has 0 aliphatic heterocycles. The molecule has 0 aliphatic carbocycles. The third-order valence-electron chi connectivity index (χ3n) is 3.91. The molecule has 2 amide bonds. The molecular formula is C21H26N2O4. The quantitative estimate of drug-likeness (QED) is 0.617. The highest BCUT2D eigenvalue weighted by molar-refractivity contribution is 5.94. The van der Waals surface area contributed by atoms with Gasteiger partial charge in [0.25, 0.3) is 5.91 Å². The highest BCUT2D eigenvalue weighted by atomic mass is 16.5.